The summed E-state index contributed by atoms with van der Waals surface area (Å²) in [5.41, 5.74) is 1.56. The van der Waals surface area contributed by atoms with Crippen molar-refractivity contribution in [3.05, 3.63) is 81.7 Å². The lowest BCUT2D eigenvalue weighted by Gasteiger charge is -2.17. The molecule has 0 spiro atoms. The molecule has 0 bridgehead atoms. The van der Waals surface area contributed by atoms with E-state index in [1.165, 1.54) is 6.07 Å². The first-order valence-corrected chi connectivity index (χ1v) is 7.73. The summed E-state index contributed by atoms with van der Waals surface area (Å²) in [5.74, 6) is -0.546. The van der Waals surface area contributed by atoms with Crippen LogP contribution in [0.5, 0.6) is 0 Å². The second-order valence-corrected chi connectivity index (χ2v) is 5.91. The second-order valence-electron chi connectivity index (χ2n) is 5.91. The highest BCUT2D eigenvalue weighted by Gasteiger charge is 2.32. The summed E-state index contributed by atoms with van der Waals surface area (Å²) in [7, 11) is 0. The number of hydrogen-bond donors (Lipinski definition) is 2. The molecule has 1 aliphatic carbocycles. The summed E-state index contributed by atoms with van der Waals surface area (Å²) in [6.45, 7) is 0. The van der Waals surface area contributed by atoms with Crippen LogP contribution in [0.1, 0.15) is 27.5 Å². The van der Waals surface area contributed by atoms with Crippen molar-refractivity contribution in [1.29, 1.82) is 0 Å². The zero-order valence-electron chi connectivity index (χ0n) is 12.7. The Balaban J connectivity index is 1.68. The highest BCUT2D eigenvalue weighted by atomic mass is 16.4. The normalized spacial score (nSPS) is 19.2. The Hall–Kier alpha value is -2.92. The summed E-state index contributed by atoms with van der Waals surface area (Å²) in [6, 6.07) is 15.6. The summed E-state index contributed by atoms with van der Waals surface area (Å²) in [4.78, 5) is 24.6. The van der Waals surface area contributed by atoms with Gasteiger partial charge in [0, 0.05) is 11.8 Å². The van der Waals surface area contributed by atoms with Crippen molar-refractivity contribution in [1.82, 2.24) is 5.32 Å². The van der Waals surface area contributed by atoms with Crippen molar-refractivity contribution in [2.45, 2.75) is 18.6 Å². The number of amides is 1. The van der Waals surface area contributed by atoms with Crippen LogP contribution < -0.4 is 10.9 Å². The summed E-state index contributed by atoms with van der Waals surface area (Å²) in [6.07, 6.45) is -0.230. The first-order valence-electron chi connectivity index (χ1n) is 7.73. The highest BCUT2D eigenvalue weighted by molar-refractivity contribution is 5.96. The van der Waals surface area contributed by atoms with Gasteiger partial charge in [-0.05, 0) is 23.3 Å². The van der Waals surface area contributed by atoms with E-state index in [-0.39, 0.29) is 5.56 Å². The average Bonchev–Trinajstić information content (AvgIpc) is 2.90. The van der Waals surface area contributed by atoms with E-state index in [0.29, 0.717) is 17.4 Å². The van der Waals surface area contributed by atoms with E-state index >= 15 is 0 Å². The molecule has 0 saturated carbocycles. The lowest BCUT2D eigenvalue weighted by Crippen LogP contribution is -2.36. The number of carbonyl (C=O) groups excluding carboxylic acids is 1. The Kier molecular flexibility index (Phi) is 3.43. The van der Waals surface area contributed by atoms with Crippen LogP contribution in [0.3, 0.4) is 0 Å². The Bertz CT molecular complexity index is 992. The van der Waals surface area contributed by atoms with Crippen LogP contribution >= 0.6 is 0 Å². The van der Waals surface area contributed by atoms with Crippen LogP contribution in [0.15, 0.2) is 63.8 Å². The molecule has 2 N–H and O–H groups in total. The molecular formula is C19H15NO4. The van der Waals surface area contributed by atoms with Gasteiger partial charge in [-0.15, -0.1) is 0 Å². The monoisotopic (exact) mass is 321 g/mol. The third kappa shape index (κ3) is 2.39. The maximum atomic E-state index is 12.5. The Labute approximate surface area is 137 Å². The smallest absolute Gasteiger partial charge is 0.349 e. The number of carbonyl (C=O) groups is 1. The van der Waals surface area contributed by atoms with Gasteiger partial charge >= 0.3 is 5.63 Å². The number of nitrogens with one attached hydrogen (secondary N) is 1. The minimum Gasteiger partial charge on any atom is -0.422 e. The summed E-state index contributed by atoms with van der Waals surface area (Å²) in [5, 5.41) is 13.7. The number of benzene rings is 2. The van der Waals surface area contributed by atoms with E-state index < -0.39 is 23.7 Å². The van der Waals surface area contributed by atoms with Crippen molar-refractivity contribution in [2.24, 2.45) is 0 Å². The molecule has 2 aromatic carbocycles. The van der Waals surface area contributed by atoms with Crippen molar-refractivity contribution < 1.29 is 14.3 Å². The van der Waals surface area contributed by atoms with Crippen LogP contribution in [0, 0.1) is 0 Å². The van der Waals surface area contributed by atoms with E-state index in [1.54, 1.807) is 24.3 Å². The molecule has 0 unspecified atom stereocenters. The van der Waals surface area contributed by atoms with Gasteiger partial charge in [-0.2, -0.15) is 0 Å². The molecule has 1 heterocycles. The molecule has 0 aliphatic heterocycles. The van der Waals surface area contributed by atoms with Gasteiger partial charge in [0.2, 0.25) is 0 Å². The number of rotatable bonds is 2. The molecule has 1 amide bonds. The maximum absolute atomic E-state index is 12.5. The molecule has 1 aromatic heterocycles. The fourth-order valence-corrected chi connectivity index (χ4v) is 3.19. The third-order valence-corrected chi connectivity index (χ3v) is 4.38. The SMILES string of the molecule is O=C(N[C@@H]1c2ccccc2C[C@@H]1O)c1cc2ccccc2oc1=O. The van der Waals surface area contributed by atoms with Gasteiger partial charge in [-0.3, -0.25) is 4.79 Å². The molecule has 0 fully saturated rings. The van der Waals surface area contributed by atoms with Crippen LogP contribution in [-0.2, 0) is 6.42 Å². The molecule has 5 nitrogen and oxygen atoms in total. The Morgan fingerprint density at radius 3 is 2.75 bits per heavy atom. The molecule has 5 heteroatoms. The van der Waals surface area contributed by atoms with E-state index in [2.05, 4.69) is 5.32 Å². The average molecular weight is 321 g/mol. The predicted molar refractivity (Wildman–Crippen MR) is 88.8 cm³/mol. The minimum atomic E-state index is -0.709. The third-order valence-electron chi connectivity index (χ3n) is 4.38. The number of para-hydroxylation sites is 1. The fourth-order valence-electron chi connectivity index (χ4n) is 3.19. The quantitative estimate of drug-likeness (QED) is 0.709. The van der Waals surface area contributed by atoms with Crippen molar-refractivity contribution in [2.75, 3.05) is 0 Å². The number of aliphatic hydroxyl groups is 1. The van der Waals surface area contributed by atoms with Crippen molar-refractivity contribution in [3.8, 4) is 0 Å². The zero-order valence-corrected chi connectivity index (χ0v) is 12.7. The Morgan fingerprint density at radius 2 is 1.88 bits per heavy atom. The molecule has 1 aliphatic rings. The number of fused-ring (bicyclic) bond motifs is 2. The largest absolute Gasteiger partial charge is 0.422 e. The zero-order chi connectivity index (χ0) is 16.7. The lowest BCUT2D eigenvalue weighted by molar-refractivity contribution is 0.0855. The molecule has 4 rings (SSSR count). The first-order chi connectivity index (χ1) is 11.6. The molecule has 24 heavy (non-hydrogen) atoms. The van der Waals surface area contributed by atoms with Gasteiger partial charge in [0.15, 0.2) is 0 Å². The molecule has 120 valence electrons. The Morgan fingerprint density at radius 1 is 1.12 bits per heavy atom. The molecule has 0 saturated heterocycles. The minimum absolute atomic E-state index is 0.0646. The fraction of sp³-hybridized carbons (Fsp3) is 0.158. The van der Waals surface area contributed by atoms with Crippen molar-refractivity contribution >= 4 is 16.9 Å². The van der Waals surface area contributed by atoms with Crippen LogP contribution in [-0.4, -0.2) is 17.1 Å². The second kappa shape index (κ2) is 5.62. The molecule has 2 atom stereocenters. The lowest BCUT2D eigenvalue weighted by atomic mass is 10.1. The van der Waals surface area contributed by atoms with Gasteiger partial charge < -0.3 is 14.8 Å². The number of aliphatic hydroxyl groups excluding tert-OH is 1. The van der Waals surface area contributed by atoms with Crippen molar-refractivity contribution in [3.63, 3.8) is 0 Å². The van der Waals surface area contributed by atoms with E-state index in [4.69, 9.17) is 4.42 Å². The topological polar surface area (TPSA) is 79.5 Å². The summed E-state index contributed by atoms with van der Waals surface area (Å²) < 4.78 is 5.20. The molecule has 3 aromatic rings. The van der Waals surface area contributed by atoms with Gasteiger partial charge in [0.1, 0.15) is 11.1 Å². The summed E-state index contributed by atoms with van der Waals surface area (Å²) >= 11 is 0. The van der Waals surface area contributed by atoms with E-state index in [1.807, 2.05) is 24.3 Å². The maximum Gasteiger partial charge on any atom is 0.349 e. The van der Waals surface area contributed by atoms with Gasteiger partial charge in [0.25, 0.3) is 5.91 Å². The molecular weight excluding hydrogens is 306 g/mol. The van der Waals surface area contributed by atoms with Crippen LogP contribution in [0.2, 0.25) is 0 Å². The van der Waals surface area contributed by atoms with Crippen LogP contribution in [0.4, 0.5) is 0 Å². The first kappa shape index (κ1) is 14.7. The van der Waals surface area contributed by atoms with Gasteiger partial charge in [-0.1, -0.05) is 42.5 Å². The van der Waals surface area contributed by atoms with Gasteiger partial charge in [0.05, 0.1) is 12.1 Å². The highest BCUT2D eigenvalue weighted by Crippen LogP contribution is 2.31. The standard InChI is InChI=1S/C19H15NO4/c21-15-10-11-5-1-3-7-13(11)17(15)20-18(22)14-9-12-6-2-4-8-16(12)24-19(14)23/h1-9,15,17,21H,10H2,(H,20,22)/t15-,17+/m0/s1. The van der Waals surface area contributed by atoms with Gasteiger partial charge in [-0.25, -0.2) is 4.79 Å². The number of hydrogen-bond acceptors (Lipinski definition) is 4. The van der Waals surface area contributed by atoms with Crippen LogP contribution in [0.25, 0.3) is 11.0 Å². The van der Waals surface area contributed by atoms with E-state index in [0.717, 1.165) is 11.1 Å². The van der Waals surface area contributed by atoms with E-state index in [9.17, 15) is 14.7 Å². The predicted octanol–water partition coefficient (Wildman–Crippen LogP) is 2.18. The molecule has 0 radical (unpaired) electrons.